The zero-order chi connectivity index (χ0) is 14.8. The zero-order valence-corrected chi connectivity index (χ0v) is 11.9. The van der Waals surface area contributed by atoms with Crippen LogP contribution in [0.3, 0.4) is 0 Å². The predicted octanol–water partition coefficient (Wildman–Crippen LogP) is 0.893. The molecule has 1 aliphatic rings. The molecule has 0 spiro atoms. The van der Waals surface area contributed by atoms with E-state index >= 15 is 0 Å². The summed E-state index contributed by atoms with van der Waals surface area (Å²) in [7, 11) is -3.55. The van der Waals surface area contributed by atoms with Crippen LogP contribution in [0.4, 0.5) is 5.69 Å². The maximum Gasteiger partial charge on any atom is 0.251 e. The first-order valence-electron chi connectivity index (χ1n) is 6.40. The van der Waals surface area contributed by atoms with Crippen LogP contribution in [0, 0.1) is 0 Å². The Bertz CT molecular complexity index is 622. The Kier molecular flexibility index (Phi) is 4.08. The summed E-state index contributed by atoms with van der Waals surface area (Å²) in [5, 5.41) is 2.72. The Labute approximate surface area is 117 Å². The van der Waals surface area contributed by atoms with E-state index in [9.17, 15) is 18.0 Å². The Morgan fingerprint density at radius 3 is 2.45 bits per heavy atom. The number of nitrogens with zero attached hydrogens (tertiary/aromatic N) is 1. The minimum absolute atomic E-state index is 0.00106. The Balaban J connectivity index is 2.20. The Hall–Kier alpha value is -1.89. The van der Waals surface area contributed by atoms with Crippen molar-refractivity contribution in [2.45, 2.75) is 19.8 Å². The summed E-state index contributed by atoms with van der Waals surface area (Å²) >= 11 is 0. The van der Waals surface area contributed by atoms with Crippen LogP contribution in [-0.2, 0) is 14.8 Å². The van der Waals surface area contributed by atoms with Crippen LogP contribution in [-0.4, -0.2) is 32.5 Å². The number of carbonyl (C=O) groups excluding carboxylic acids is 2. The highest BCUT2D eigenvalue weighted by Gasteiger charge is 2.36. The van der Waals surface area contributed by atoms with Gasteiger partial charge in [-0.3, -0.25) is 9.59 Å². The number of anilines is 1. The van der Waals surface area contributed by atoms with E-state index in [1.54, 1.807) is 0 Å². The highest BCUT2D eigenvalue weighted by molar-refractivity contribution is 7.94. The maximum atomic E-state index is 11.8. The van der Waals surface area contributed by atoms with Crippen molar-refractivity contribution in [3.63, 3.8) is 0 Å². The molecule has 1 saturated heterocycles. The summed E-state index contributed by atoms with van der Waals surface area (Å²) in [6, 6.07) is 5.98. The molecule has 108 valence electrons. The van der Waals surface area contributed by atoms with E-state index in [2.05, 4.69) is 5.32 Å². The fourth-order valence-corrected chi connectivity index (χ4v) is 3.42. The summed E-state index contributed by atoms with van der Waals surface area (Å²) in [6.07, 6.45) is 0.839. The topological polar surface area (TPSA) is 83.6 Å². The standard InChI is InChI=1S/C13H16N2O4S/c1-2-8-14-13(17)10-3-5-11(6-4-10)15-12(16)7-9-20(15,18)19/h3-6H,2,7-9H2,1H3,(H,14,17). The maximum absolute atomic E-state index is 11.8. The fraction of sp³-hybridized carbons (Fsp3) is 0.385. The largest absolute Gasteiger partial charge is 0.352 e. The van der Waals surface area contributed by atoms with Crippen molar-refractivity contribution in [1.29, 1.82) is 0 Å². The quantitative estimate of drug-likeness (QED) is 0.894. The third-order valence-corrected chi connectivity index (χ3v) is 4.67. The molecule has 0 radical (unpaired) electrons. The first-order chi connectivity index (χ1) is 9.45. The molecule has 0 saturated carbocycles. The lowest BCUT2D eigenvalue weighted by molar-refractivity contribution is -0.116. The lowest BCUT2D eigenvalue weighted by Crippen LogP contribution is -2.29. The fourth-order valence-electron chi connectivity index (χ4n) is 1.96. The van der Waals surface area contributed by atoms with Gasteiger partial charge >= 0.3 is 0 Å². The van der Waals surface area contributed by atoms with Crippen molar-refractivity contribution in [2.75, 3.05) is 16.6 Å². The Morgan fingerprint density at radius 1 is 1.30 bits per heavy atom. The van der Waals surface area contributed by atoms with Crippen LogP contribution in [0.15, 0.2) is 24.3 Å². The normalized spacial score (nSPS) is 17.2. The number of rotatable bonds is 4. The summed E-state index contributed by atoms with van der Waals surface area (Å²) in [4.78, 5) is 23.3. The highest BCUT2D eigenvalue weighted by Crippen LogP contribution is 2.25. The SMILES string of the molecule is CCCNC(=O)c1ccc(N2C(=O)CCS2(=O)=O)cc1. The van der Waals surface area contributed by atoms with Crippen molar-refractivity contribution >= 4 is 27.5 Å². The lowest BCUT2D eigenvalue weighted by Gasteiger charge is -2.15. The average molecular weight is 296 g/mol. The van der Waals surface area contributed by atoms with Gasteiger partial charge in [-0.1, -0.05) is 6.92 Å². The van der Waals surface area contributed by atoms with Crippen molar-refractivity contribution in [3.8, 4) is 0 Å². The first kappa shape index (κ1) is 14.5. The van der Waals surface area contributed by atoms with Crippen molar-refractivity contribution in [3.05, 3.63) is 29.8 Å². The number of hydrogen-bond acceptors (Lipinski definition) is 4. The van der Waals surface area contributed by atoms with Crippen LogP contribution in [0.25, 0.3) is 0 Å². The third-order valence-electron chi connectivity index (χ3n) is 2.98. The molecule has 1 N–H and O–H groups in total. The minimum atomic E-state index is -3.55. The molecule has 6 nitrogen and oxygen atoms in total. The van der Waals surface area contributed by atoms with Crippen LogP contribution in [0.2, 0.25) is 0 Å². The van der Waals surface area contributed by atoms with Gasteiger partial charge in [0.25, 0.3) is 5.91 Å². The van der Waals surface area contributed by atoms with E-state index in [-0.39, 0.29) is 23.8 Å². The summed E-state index contributed by atoms with van der Waals surface area (Å²) < 4.78 is 24.3. The van der Waals surface area contributed by atoms with Crippen LogP contribution in [0.1, 0.15) is 30.1 Å². The van der Waals surface area contributed by atoms with Crippen molar-refractivity contribution < 1.29 is 18.0 Å². The Morgan fingerprint density at radius 2 is 1.95 bits per heavy atom. The third kappa shape index (κ3) is 2.82. The number of carbonyl (C=O) groups is 2. The molecule has 2 amide bonds. The van der Waals surface area contributed by atoms with E-state index in [4.69, 9.17) is 0 Å². The number of amides is 2. The minimum Gasteiger partial charge on any atom is -0.352 e. The second-order valence-corrected chi connectivity index (χ2v) is 6.46. The molecular weight excluding hydrogens is 280 g/mol. The second kappa shape index (κ2) is 5.62. The molecule has 1 aromatic carbocycles. The first-order valence-corrected chi connectivity index (χ1v) is 8.00. The molecule has 1 heterocycles. The molecule has 1 fully saturated rings. The van der Waals surface area contributed by atoms with Gasteiger partial charge in [-0.05, 0) is 30.7 Å². The predicted molar refractivity (Wildman–Crippen MR) is 75.0 cm³/mol. The molecule has 1 aromatic rings. The highest BCUT2D eigenvalue weighted by atomic mass is 32.2. The molecule has 0 bridgehead atoms. The van der Waals surface area contributed by atoms with Gasteiger partial charge in [0.05, 0.1) is 11.4 Å². The monoisotopic (exact) mass is 296 g/mol. The molecule has 0 unspecified atom stereocenters. The number of hydrogen-bond donors (Lipinski definition) is 1. The van der Waals surface area contributed by atoms with E-state index < -0.39 is 15.9 Å². The molecule has 0 aliphatic carbocycles. The molecule has 0 atom stereocenters. The average Bonchev–Trinajstić information content (AvgIpc) is 2.70. The van der Waals surface area contributed by atoms with E-state index in [1.807, 2.05) is 6.92 Å². The molecule has 1 aliphatic heterocycles. The van der Waals surface area contributed by atoms with Crippen LogP contribution in [0.5, 0.6) is 0 Å². The van der Waals surface area contributed by atoms with Gasteiger partial charge in [0.15, 0.2) is 0 Å². The molecular formula is C13H16N2O4S. The van der Waals surface area contributed by atoms with Crippen LogP contribution < -0.4 is 9.62 Å². The molecule has 0 aromatic heterocycles. The van der Waals surface area contributed by atoms with Gasteiger partial charge in [-0.2, -0.15) is 0 Å². The van der Waals surface area contributed by atoms with Gasteiger partial charge in [0, 0.05) is 18.5 Å². The van der Waals surface area contributed by atoms with Crippen LogP contribution >= 0.6 is 0 Å². The number of benzene rings is 1. The van der Waals surface area contributed by atoms with Gasteiger partial charge in [0.2, 0.25) is 15.9 Å². The molecule has 7 heteroatoms. The smallest absolute Gasteiger partial charge is 0.251 e. The van der Waals surface area contributed by atoms with Gasteiger partial charge in [-0.25, -0.2) is 12.7 Å². The molecule has 20 heavy (non-hydrogen) atoms. The van der Waals surface area contributed by atoms with Gasteiger partial charge in [0.1, 0.15) is 0 Å². The zero-order valence-electron chi connectivity index (χ0n) is 11.1. The summed E-state index contributed by atoms with van der Waals surface area (Å²) in [5.74, 6) is -0.813. The summed E-state index contributed by atoms with van der Waals surface area (Å²) in [5.41, 5.74) is 0.714. The molecule has 2 rings (SSSR count). The second-order valence-electron chi connectivity index (χ2n) is 4.53. The summed E-state index contributed by atoms with van der Waals surface area (Å²) in [6.45, 7) is 2.53. The number of sulfonamides is 1. The van der Waals surface area contributed by atoms with E-state index in [1.165, 1.54) is 24.3 Å². The van der Waals surface area contributed by atoms with Gasteiger partial charge < -0.3 is 5.32 Å². The van der Waals surface area contributed by atoms with Crippen molar-refractivity contribution in [2.24, 2.45) is 0 Å². The van der Waals surface area contributed by atoms with E-state index in [0.717, 1.165) is 10.7 Å². The van der Waals surface area contributed by atoms with E-state index in [0.29, 0.717) is 12.1 Å². The number of nitrogens with one attached hydrogen (secondary N) is 1. The van der Waals surface area contributed by atoms with Gasteiger partial charge in [-0.15, -0.1) is 0 Å². The lowest BCUT2D eigenvalue weighted by atomic mass is 10.2. The van der Waals surface area contributed by atoms with Crippen molar-refractivity contribution in [1.82, 2.24) is 5.32 Å².